The predicted molar refractivity (Wildman–Crippen MR) is 74.4 cm³/mol. The fraction of sp³-hybridized carbons (Fsp3) is 0.200. The highest BCUT2D eigenvalue weighted by atomic mass is 19.1. The van der Waals surface area contributed by atoms with E-state index in [2.05, 4.69) is 15.6 Å². The molecule has 0 aliphatic carbocycles. The van der Waals surface area contributed by atoms with E-state index in [0.29, 0.717) is 18.7 Å². The van der Waals surface area contributed by atoms with Crippen molar-refractivity contribution in [2.45, 2.75) is 20.0 Å². The lowest BCUT2D eigenvalue weighted by Crippen LogP contribution is -2.34. The summed E-state index contributed by atoms with van der Waals surface area (Å²) in [6.07, 6.45) is 3.34. The lowest BCUT2D eigenvalue weighted by atomic mass is 10.1. The van der Waals surface area contributed by atoms with Crippen molar-refractivity contribution >= 4 is 6.03 Å². The van der Waals surface area contributed by atoms with Crippen LogP contribution in [0.25, 0.3) is 0 Å². The molecule has 0 atom stereocenters. The molecule has 0 unspecified atom stereocenters. The molecule has 0 saturated carbocycles. The SMILES string of the molecule is Cc1ccc(CNC(=O)NCc2ccncc2)cc1F. The minimum absolute atomic E-state index is 0.263. The zero-order valence-electron chi connectivity index (χ0n) is 11.2. The maximum Gasteiger partial charge on any atom is 0.315 e. The molecular formula is C15H16FN3O. The number of carbonyl (C=O) groups excluding carboxylic acids is 1. The van der Waals surface area contributed by atoms with Crippen molar-refractivity contribution in [3.8, 4) is 0 Å². The Bertz CT molecular complexity index is 587. The monoisotopic (exact) mass is 273 g/mol. The number of benzene rings is 1. The second-order valence-electron chi connectivity index (χ2n) is 4.48. The van der Waals surface area contributed by atoms with Crippen LogP contribution in [0, 0.1) is 12.7 Å². The van der Waals surface area contributed by atoms with Gasteiger partial charge in [0, 0.05) is 25.5 Å². The fourth-order valence-electron chi connectivity index (χ4n) is 1.67. The third-order valence-electron chi connectivity index (χ3n) is 2.89. The Balaban J connectivity index is 1.79. The second-order valence-corrected chi connectivity index (χ2v) is 4.48. The molecule has 1 aromatic carbocycles. The molecular weight excluding hydrogens is 257 g/mol. The Morgan fingerprint density at radius 3 is 2.40 bits per heavy atom. The quantitative estimate of drug-likeness (QED) is 0.899. The van der Waals surface area contributed by atoms with Gasteiger partial charge in [-0.25, -0.2) is 9.18 Å². The van der Waals surface area contributed by atoms with Gasteiger partial charge < -0.3 is 10.6 Å². The largest absolute Gasteiger partial charge is 0.334 e. The van der Waals surface area contributed by atoms with Gasteiger partial charge in [-0.05, 0) is 41.8 Å². The van der Waals surface area contributed by atoms with Crippen molar-refractivity contribution in [2.24, 2.45) is 0 Å². The number of aromatic nitrogens is 1. The number of halogens is 1. The molecule has 2 N–H and O–H groups in total. The van der Waals surface area contributed by atoms with Gasteiger partial charge in [0.25, 0.3) is 0 Å². The number of nitrogens with zero attached hydrogens (tertiary/aromatic N) is 1. The Kier molecular flexibility index (Phi) is 4.65. The smallest absolute Gasteiger partial charge is 0.315 e. The second kappa shape index (κ2) is 6.65. The van der Waals surface area contributed by atoms with E-state index in [1.807, 2.05) is 12.1 Å². The van der Waals surface area contributed by atoms with Crippen LogP contribution in [0.15, 0.2) is 42.7 Å². The summed E-state index contributed by atoms with van der Waals surface area (Å²) in [5, 5.41) is 5.41. The van der Waals surface area contributed by atoms with Crippen LogP contribution >= 0.6 is 0 Å². The van der Waals surface area contributed by atoms with E-state index in [1.54, 1.807) is 31.5 Å². The highest BCUT2D eigenvalue weighted by molar-refractivity contribution is 5.73. The summed E-state index contributed by atoms with van der Waals surface area (Å²) in [5.74, 6) is -0.263. The third kappa shape index (κ3) is 4.05. The van der Waals surface area contributed by atoms with Gasteiger partial charge in [-0.1, -0.05) is 12.1 Å². The highest BCUT2D eigenvalue weighted by Gasteiger charge is 2.03. The van der Waals surface area contributed by atoms with E-state index in [0.717, 1.165) is 11.1 Å². The molecule has 2 rings (SSSR count). The first kappa shape index (κ1) is 14.0. The van der Waals surface area contributed by atoms with E-state index in [1.165, 1.54) is 6.07 Å². The number of amides is 2. The Morgan fingerprint density at radius 1 is 1.10 bits per heavy atom. The zero-order valence-corrected chi connectivity index (χ0v) is 11.2. The zero-order chi connectivity index (χ0) is 14.4. The van der Waals surface area contributed by atoms with Crippen molar-refractivity contribution in [1.82, 2.24) is 15.6 Å². The minimum atomic E-state index is -0.289. The molecule has 2 amide bonds. The van der Waals surface area contributed by atoms with Crippen molar-refractivity contribution in [3.63, 3.8) is 0 Å². The number of rotatable bonds is 4. The lowest BCUT2D eigenvalue weighted by molar-refractivity contribution is 0.240. The van der Waals surface area contributed by atoms with Crippen LogP contribution in [0.5, 0.6) is 0 Å². The van der Waals surface area contributed by atoms with Gasteiger partial charge >= 0.3 is 6.03 Å². The van der Waals surface area contributed by atoms with E-state index in [4.69, 9.17) is 0 Å². The van der Waals surface area contributed by atoms with Crippen molar-refractivity contribution in [1.29, 1.82) is 0 Å². The van der Waals surface area contributed by atoms with Crippen LogP contribution in [-0.4, -0.2) is 11.0 Å². The standard InChI is InChI=1S/C15H16FN3O/c1-11-2-3-13(8-14(11)16)10-19-15(20)18-9-12-4-6-17-7-5-12/h2-8H,9-10H2,1H3,(H2,18,19,20). The Morgan fingerprint density at radius 2 is 1.75 bits per heavy atom. The first-order chi connectivity index (χ1) is 9.65. The first-order valence-electron chi connectivity index (χ1n) is 6.31. The van der Waals surface area contributed by atoms with Crippen molar-refractivity contribution < 1.29 is 9.18 Å². The number of nitrogens with one attached hydrogen (secondary N) is 2. The molecule has 0 spiro atoms. The molecule has 0 aliphatic heterocycles. The Labute approximate surface area is 117 Å². The molecule has 5 heteroatoms. The summed E-state index contributed by atoms with van der Waals surface area (Å²) in [7, 11) is 0. The van der Waals surface area contributed by atoms with Gasteiger partial charge in [0.1, 0.15) is 5.82 Å². The summed E-state index contributed by atoms with van der Waals surface area (Å²) < 4.78 is 13.3. The van der Waals surface area contributed by atoms with Crippen LogP contribution in [-0.2, 0) is 13.1 Å². The molecule has 0 radical (unpaired) electrons. The molecule has 0 aliphatic rings. The molecule has 1 heterocycles. The van der Waals surface area contributed by atoms with Gasteiger partial charge in [-0.2, -0.15) is 0 Å². The predicted octanol–water partition coefficient (Wildman–Crippen LogP) is 2.53. The highest BCUT2D eigenvalue weighted by Crippen LogP contribution is 2.08. The van der Waals surface area contributed by atoms with Gasteiger partial charge in [-0.15, -0.1) is 0 Å². The van der Waals surface area contributed by atoms with Gasteiger partial charge in [-0.3, -0.25) is 4.98 Å². The van der Waals surface area contributed by atoms with Crippen LogP contribution < -0.4 is 10.6 Å². The molecule has 1 aromatic heterocycles. The Hall–Kier alpha value is -2.43. The maximum atomic E-state index is 13.3. The normalized spacial score (nSPS) is 10.1. The number of urea groups is 1. The summed E-state index contributed by atoms with van der Waals surface area (Å²) in [6, 6.07) is 8.29. The van der Waals surface area contributed by atoms with Gasteiger partial charge in [0.05, 0.1) is 0 Å². The third-order valence-corrected chi connectivity index (χ3v) is 2.89. The summed E-state index contributed by atoms with van der Waals surface area (Å²) >= 11 is 0. The molecule has 0 saturated heterocycles. The fourth-order valence-corrected chi connectivity index (χ4v) is 1.67. The molecule has 4 nitrogen and oxygen atoms in total. The van der Waals surface area contributed by atoms with E-state index >= 15 is 0 Å². The number of carbonyl (C=O) groups is 1. The molecule has 20 heavy (non-hydrogen) atoms. The lowest BCUT2D eigenvalue weighted by Gasteiger charge is -2.08. The molecule has 104 valence electrons. The molecule has 0 bridgehead atoms. The summed E-state index contributed by atoms with van der Waals surface area (Å²) in [5.41, 5.74) is 2.29. The molecule has 0 fully saturated rings. The van der Waals surface area contributed by atoms with E-state index in [-0.39, 0.29) is 11.8 Å². The number of aryl methyl sites for hydroxylation is 1. The number of pyridine rings is 1. The van der Waals surface area contributed by atoms with Crippen LogP contribution in [0.2, 0.25) is 0 Å². The first-order valence-corrected chi connectivity index (χ1v) is 6.31. The van der Waals surface area contributed by atoms with E-state index < -0.39 is 0 Å². The van der Waals surface area contributed by atoms with Crippen LogP contribution in [0.1, 0.15) is 16.7 Å². The average molecular weight is 273 g/mol. The van der Waals surface area contributed by atoms with Crippen LogP contribution in [0.4, 0.5) is 9.18 Å². The maximum absolute atomic E-state index is 13.3. The van der Waals surface area contributed by atoms with Crippen LogP contribution in [0.3, 0.4) is 0 Å². The minimum Gasteiger partial charge on any atom is -0.334 e. The average Bonchev–Trinajstić information content (AvgIpc) is 2.47. The number of hydrogen-bond donors (Lipinski definition) is 2. The van der Waals surface area contributed by atoms with Gasteiger partial charge in [0.15, 0.2) is 0 Å². The van der Waals surface area contributed by atoms with Gasteiger partial charge in [0.2, 0.25) is 0 Å². The van der Waals surface area contributed by atoms with E-state index in [9.17, 15) is 9.18 Å². The molecule has 2 aromatic rings. The summed E-state index contributed by atoms with van der Waals surface area (Å²) in [4.78, 5) is 15.5. The topological polar surface area (TPSA) is 54.0 Å². The van der Waals surface area contributed by atoms with Crippen molar-refractivity contribution in [3.05, 3.63) is 65.2 Å². The number of hydrogen-bond acceptors (Lipinski definition) is 2. The van der Waals surface area contributed by atoms with Crippen molar-refractivity contribution in [2.75, 3.05) is 0 Å². The summed E-state index contributed by atoms with van der Waals surface area (Å²) in [6.45, 7) is 2.42.